The molecule has 0 saturated heterocycles. The molecule has 0 N–H and O–H groups in total. The van der Waals surface area contributed by atoms with Crippen molar-refractivity contribution in [2.24, 2.45) is 0 Å². The van der Waals surface area contributed by atoms with E-state index in [4.69, 9.17) is 23.2 Å². The predicted molar refractivity (Wildman–Crippen MR) is 79.5 cm³/mol. The second kappa shape index (κ2) is 5.96. The maximum absolute atomic E-state index is 13.0. The first-order valence-electron chi connectivity index (χ1n) is 5.54. The van der Waals surface area contributed by atoms with Crippen molar-refractivity contribution in [1.82, 2.24) is 0 Å². The molecule has 0 fully saturated rings. The molecule has 0 aliphatic rings. The molecule has 106 valence electrons. The summed E-state index contributed by atoms with van der Waals surface area (Å²) < 4.78 is 39.0. The minimum atomic E-state index is -4.39. The van der Waals surface area contributed by atoms with Crippen LogP contribution in [0.3, 0.4) is 0 Å². The second-order valence-electron chi connectivity index (χ2n) is 4.13. The smallest absolute Gasteiger partial charge is 0.166 e. The largest absolute Gasteiger partial charge is 0.416 e. The fourth-order valence-corrected chi connectivity index (χ4v) is 2.60. The number of hydrogen-bond donors (Lipinski definition) is 0. The monoisotopic (exact) mass is 382 g/mol. The van der Waals surface area contributed by atoms with Gasteiger partial charge in [0.15, 0.2) is 0 Å². The van der Waals surface area contributed by atoms with E-state index >= 15 is 0 Å². The Balaban J connectivity index is 2.55. The van der Waals surface area contributed by atoms with Crippen LogP contribution in [-0.2, 0) is 11.5 Å². The third kappa shape index (κ3) is 3.30. The Morgan fingerprint density at radius 1 is 0.900 bits per heavy atom. The Morgan fingerprint density at radius 3 is 2.05 bits per heavy atom. The molecule has 2 aromatic carbocycles. The molecule has 2 rings (SSSR count). The van der Waals surface area contributed by atoms with Gasteiger partial charge >= 0.3 is 6.18 Å². The molecule has 2 aromatic rings. The maximum Gasteiger partial charge on any atom is 0.416 e. The number of hydrogen-bond acceptors (Lipinski definition) is 0. The van der Waals surface area contributed by atoms with Crippen molar-refractivity contribution in [3.05, 3.63) is 57.6 Å². The van der Waals surface area contributed by atoms with Gasteiger partial charge < -0.3 is 0 Å². The van der Waals surface area contributed by atoms with Gasteiger partial charge in [-0.05, 0) is 34.9 Å². The summed E-state index contributed by atoms with van der Waals surface area (Å²) in [7, 11) is 0. The average molecular weight is 384 g/mol. The van der Waals surface area contributed by atoms with E-state index in [1.807, 2.05) is 0 Å². The third-order valence-electron chi connectivity index (χ3n) is 2.81. The SMILES string of the molecule is FC(F)(F)c1cc(-c2ccc(Cl)c(Cl)c2)ccc1CBr. The fourth-order valence-electron chi connectivity index (χ4n) is 1.81. The lowest BCUT2D eigenvalue weighted by Gasteiger charge is -2.13. The van der Waals surface area contributed by atoms with Gasteiger partial charge in [0.25, 0.3) is 0 Å². The molecule has 20 heavy (non-hydrogen) atoms. The highest BCUT2D eigenvalue weighted by atomic mass is 79.9. The molecule has 0 heterocycles. The summed E-state index contributed by atoms with van der Waals surface area (Å²) in [4.78, 5) is 0. The normalized spacial score (nSPS) is 11.7. The Labute approximate surface area is 132 Å². The van der Waals surface area contributed by atoms with Crippen LogP contribution in [0.4, 0.5) is 13.2 Å². The van der Waals surface area contributed by atoms with Crippen molar-refractivity contribution >= 4 is 39.1 Å². The van der Waals surface area contributed by atoms with Crippen LogP contribution in [0, 0.1) is 0 Å². The van der Waals surface area contributed by atoms with E-state index < -0.39 is 11.7 Å². The van der Waals surface area contributed by atoms with Crippen LogP contribution in [-0.4, -0.2) is 0 Å². The van der Waals surface area contributed by atoms with Gasteiger partial charge in [0.1, 0.15) is 0 Å². The summed E-state index contributed by atoms with van der Waals surface area (Å²) in [6.07, 6.45) is -4.39. The topological polar surface area (TPSA) is 0 Å². The first-order valence-corrected chi connectivity index (χ1v) is 7.42. The summed E-state index contributed by atoms with van der Waals surface area (Å²) in [5.41, 5.74) is 0.575. The summed E-state index contributed by atoms with van der Waals surface area (Å²) in [5.74, 6) is 0. The van der Waals surface area contributed by atoms with E-state index in [1.165, 1.54) is 6.07 Å². The number of halogens is 6. The number of alkyl halides is 4. The van der Waals surface area contributed by atoms with Crippen LogP contribution >= 0.6 is 39.1 Å². The Hall–Kier alpha value is -0.710. The molecule has 6 heteroatoms. The lowest BCUT2D eigenvalue weighted by atomic mass is 9.99. The zero-order valence-corrected chi connectivity index (χ0v) is 13.0. The minimum absolute atomic E-state index is 0.142. The Kier molecular flexibility index (Phi) is 4.67. The van der Waals surface area contributed by atoms with E-state index in [-0.39, 0.29) is 10.9 Å². The molecule has 0 bridgehead atoms. The average Bonchev–Trinajstić information content (AvgIpc) is 2.40. The molecular formula is C14H8BrCl2F3. The molecule has 0 aliphatic heterocycles. The molecule has 0 unspecified atom stereocenters. The summed E-state index contributed by atoms with van der Waals surface area (Å²) in [6, 6.07) is 8.95. The predicted octanol–water partition coefficient (Wildman–Crippen LogP) is 6.57. The van der Waals surface area contributed by atoms with Crippen molar-refractivity contribution in [2.75, 3.05) is 0 Å². The van der Waals surface area contributed by atoms with Crippen LogP contribution in [0.1, 0.15) is 11.1 Å². The third-order valence-corrected chi connectivity index (χ3v) is 4.16. The van der Waals surface area contributed by atoms with Gasteiger partial charge in [-0.3, -0.25) is 0 Å². The standard InChI is InChI=1S/C14H8BrCl2F3/c15-7-10-2-1-8(5-11(10)14(18,19)20)9-3-4-12(16)13(17)6-9/h1-6H,7H2. The second-order valence-corrected chi connectivity index (χ2v) is 5.51. The van der Waals surface area contributed by atoms with Crippen molar-refractivity contribution in [1.29, 1.82) is 0 Å². The van der Waals surface area contributed by atoms with E-state index in [9.17, 15) is 13.2 Å². The molecule has 0 spiro atoms. The Bertz CT molecular complexity index is 639. The lowest BCUT2D eigenvalue weighted by molar-refractivity contribution is -0.138. The molecule has 0 amide bonds. The summed E-state index contributed by atoms with van der Waals surface area (Å²) in [5, 5.41) is 0.814. The van der Waals surface area contributed by atoms with Gasteiger partial charge in [-0.2, -0.15) is 13.2 Å². The van der Waals surface area contributed by atoms with Gasteiger partial charge in [0.2, 0.25) is 0 Å². The van der Waals surface area contributed by atoms with E-state index in [0.717, 1.165) is 6.07 Å². The zero-order valence-electron chi connectivity index (χ0n) is 9.94. The first-order chi connectivity index (χ1) is 9.32. The molecule has 0 saturated carbocycles. The zero-order chi connectivity index (χ0) is 14.9. The highest BCUT2D eigenvalue weighted by Gasteiger charge is 2.33. The quantitative estimate of drug-likeness (QED) is 0.514. The van der Waals surface area contributed by atoms with Crippen molar-refractivity contribution < 1.29 is 13.2 Å². The lowest BCUT2D eigenvalue weighted by Crippen LogP contribution is -2.08. The highest BCUT2D eigenvalue weighted by Crippen LogP contribution is 2.36. The van der Waals surface area contributed by atoms with Crippen molar-refractivity contribution in [3.8, 4) is 11.1 Å². The Morgan fingerprint density at radius 2 is 1.50 bits per heavy atom. The van der Waals surface area contributed by atoms with Gasteiger partial charge in [0, 0.05) is 5.33 Å². The maximum atomic E-state index is 13.0. The van der Waals surface area contributed by atoms with Crippen LogP contribution < -0.4 is 0 Å². The molecule has 0 atom stereocenters. The summed E-state index contributed by atoms with van der Waals surface area (Å²) in [6.45, 7) is 0. The number of rotatable bonds is 2. The van der Waals surface area contributed by atoms with Crippen molar-refractivity contribution in [3.63, 3.8) is 0 Å². The summed E-state index contributed by atoms with van der Waals surface area (Å²) >= 11 is 14.8. The molecule has 0 radical (unpaired) electrons. The van der Waals surface area contributed by atoms with Crippen molar-refractivity contribution in [2.45, 2.75) is 11.5 Å². The van der Waals surface area contributed by atoms with Gasteiger partial charge in [0.05, 0.1) is 15.6 Å². The van der Waals surface area contributed by atoms with Crippen LogP contribution in [0.15, 0.2) is 36.4 Å². The van der Waals surface area contributed by atoms with Crippen LogP contribution in [0.2, 0.25) is 10.0 Å². The molecular weight excluding hydrogens is 376 g/mol. The molecule has 0 aromatic heterocycles. The van der Waals surface area contributed by atoms with E-state index in [2.05, 4.69) is 15.9 Å². The molecule has 0 aliphatic carbocycles. The highest BCUT2D eigenvalue weighted by molar-refractivity contribution is 9.08. The van der Waals surface area contributed by atoms with E-state index in [1.54, 1.807) is 24.3 Å². The van der Waals surface area contributed by atoms with Crippen LogP contribution in [0.25, 0.3) is 11.1 Å². The van der Waals surface area contributed by atoms with Gasteiger partial charge in [-0.25, -0.2) is 0 Å². The van der Waals surface area contributed by atoms with E-state index in [0.29, 0.717) is 21.2 Å². The number of benzene rings is 2. The fraction of sp³-hybridized carbons (Fsp3) is 0.143. The first kappa shape index (κ1) is 15.7. The van der Waals surface area contributed by atoms with Gasteiger partial charge in [-0.15, -0.1) is 0 Å². The molecule has 0 nitrogen and oxygen atoms in total. The van der Waals surface area contributed by atoms with Crippen LogP contribution in [0.5, 0.6) is 0 Å². The van der Waals surface area contributed by atoms with Gasteiger partial charge in [-0.1, -0.05) is 57.3 Å². The minimum Gasteiger partial charge on any atom is -0.166 e.